The maximum absolute atomic E-state index is 5.53. The van der Waals surface area contributed by atoms with Gasteiger partial charge in [0.05, 0.1) is 24.8 Å². The van der Waals surface area contributed by atoms with E-state index in [0.29, 0.717) is 0 Å². The molecule has 1 atom stereocenters. The molecule has 0 aliphatic heterocycles. The van der Waals surface area contributed by atoms with Gasteiger partial charge in [-0.25, -0.2) is 0 Å². The van der Waals surface area contributed by atoms with Crippen LogP contribution >= 0.6 is 0 Å². The van der Waals surface area contributed by atoms with Crippen LogP contribution in [0.5, 0.6) is 0 Å². The van der Waals surface area contributed by atoms with Crippen LogP contribution in [-0.2, 0) is 6.42 Å². The van der Waals surface area contributed by atoms with Crippen LogP contribution in [0.4, 0.5) is 0 Å². The fourth-order valence-electron chi connectivity index (χ4n) is 1.89. The Balaban J connectivity index is 2.14. The Morgan fingerprint density at radius 1 is 1.31 bits per heavy atom. The minimum Gasteiger partial charge on any atom is -0.472 e. The first-order valence-corrected chi connectivity index (χ1v) is 5.59. The standard InChI is InChI=1S/C13H17NO2/c1-3-14-12(8-11-5-6-15-9-11)13-10(2)4-7-16-13/h4-7,9,12,14H,3,8H2,1-2H3. The van der Waals surface area contributed by atoms with Gasteiger partial charge in [0.25, 0.3) is 0 Å². The van der Waals surface area contributed by atoms with Gasteiger partial charge in [-0.1, -0.05) is 6.92 Å². The molecule has 2 heterocycles. The van der Waals surface area contributed by atoms with Crippen molar-refractivity contribution in [2.75, 3.05) is 6.54 Å². The van der Waals surface area contributed by atoms with Crippen LogP contribution in [0.2, 0.25) is 0 Å². The number of hydrogen-bond acceptors (Lipinski definition) is 3. The Morgan fingerprint density at radius 3 is 2.75 bits per heavy atom. The molecular formula is C13H17NO2. The van der Waals surface area contributed by atoms with Gasteiger partial charge in [-0.3, -0.25) is 0 Å². The first-order valence-electron chi connectivity index (χ1n) is 5.59. The van der Waals surface area contributed by atoms with Crippen molar-refractivity contribution in [2.45, 2.75) is 26.3 Å². The first-order chi connectivity index (χ1) is 7.81. The van der Waals surface area contributed by atoms with Gasteiger partial charge in [-0.15, -0.1) is 0 Å². The molecular weight excluding hydrogens is 202 g/mol. The summed E-state index contributed by atoms with van der Waals surface area (Å²) in [4.78, 5) is 0. The lowest BCUT2D eigenvalue weighted by molar-refractivity contribution is 0.412. The smallest absolute Gasteiger partial charge is 0.123 e. The van der Waals surface area contributed by atoms with E-state index >= 15 is 0 Å². The highest BCUT2D eigenvalue weighted by Crippen LogP contribution is 2.22. The number of rotatable bonds is 5. The fourth-order valence-corrected chi connectivity index (χ4v) is 1.89. The van der Waals surface area contributed by atoms with E-state index in [2.05, 4.69) is 19.2 Å². The summed E-state index contributed by atoms with van der Waals surface area (Å²) >= 11 is 0. The third-order valence-corrected chi connectivity index (χ3v) is 2.69. The van der Waals surface area contributed by atoms with Crippen LogP contribution in [0.1, 0.15) is 29.9 Å². The lowest BCUT2D eigenvalue weighted by atomic mass is 10.0. The van der Waals surface area contributed by atoms with Crippen molar-refractivity contribution in [3.05, 3.63) is 47.8 Å². The zero-order chi connectivity index (χ0) is 11.4. The van der Waals surface area contributed by atoms with Gasteiger partial charge in [0.1, 0.15) is 5.76 Å². The molecule has 16 heavy (non-hydrogen) atoms. The second kappa shape index (κ2) is 5.03. The molecule has 0 aliphatic rings. The number of hydrogen-bond donors (Lipinski definition) is 1. The van der Waals surface area contributed by atoms with Crippen molar-refractivity contribution in [3.8, 4) is 0 Å². The van der Waals surface area contributed by atoms with E-state index in [1.54, 1.807) is 18.8 Å². The molecule has 0 aliphatic carbocycles. The van der Waals surface area contributed by atoms with Crippen LogP contribution in [0.3, 0.4) is 0 Å². The molecule has 0 saturated carbocycles. The molecule has 0 bridgehead atoms. The highest BCUT2D eigenvalue weighted by Gasteiger charge is 2.16. The maximum atomic E-state index is 5.53. The van der Waals surface area contributed by atoms with Gasteiger partial charge >= 0.3 is 0 Å². The lowest BCUT2D eigenvalue weighted by Gasteiger charge is -2.15. The van der Waals surface area contributed by atoms with E-state index in [4.69, 9.17) is 8.83 Å². The minimum atomic E-state index is 0.220. The quantitative estimate of drug-likeness (QED) is 0.839. The highest BCUT2D eigenvalue weighted by atomic mass is 16.3. The van der Waals surface area contributed by atoms with Crippen molar-refractivity contribution >= 4 is 0 Å². The Bertz CT molecular complexity index is 417. The Hall–Kier alpha value is -1.48. The SMILES string of the molecule is CCNC(Cc1ccoc1)c1occc1C. The molecule has 3 heteroatoms. The zero-order valence-electron chi connectivity index (χ0n) is 9.69. The Kier molecular flexibility index (Phi) is 3.47. The molecule has 0 fully saturated rings. The summed E-state index contributed by atoms with van der Waals surface area (Å²) in [6.45, 7) is 5.09. The minimum absolute atomic E-state index is 0.220. The summed E-state index contributed by atoms with van der Waals surface area (Å²) in [5.74, 6) is 1.02. The van der Waals surface area contributed by atoms with Crippen molar-refractivity contribution < 1.29 is 8.83 Å². The molecule has 0 radical (unpaired) electrons. The van der Waals surface area contributed by atoms with E-state index < -0.39 is 0 Å². The van der Waals surface area contributed by atoms with E-state index in [9.17, 15) is 0 Å². The predicted molar refractivity (Wildman–Crippen MR) is 62.3 cm³/mol. The van der Waals surface area contributed by atoms with Crippen LogP contribution in [0.25, 0.3) is 0 Å². The molecule has 2 aromatic heterocycles. The van der Waals surface area contributed by atoms with E-state index in [1.165, 1.54) is 11.1 Å². The third-order valence-electron chi connectivity index (χ3n) is 2.69. The van der Waals surface area contributed by atoms with Crippen LogP contribution in [-0.4, -0.2) is 6.54 Å². The summed E-state index contributed by atoms with van der Waals surface area (Å²) in [5.41, 5.74) is 2.37. The van der Waals surface area contributed by atoms with Gasteiger partial charge in [0.2, 0.25) is 0 Å². The lowest BCUT2D eigenvalue weighted by Crippen LogP contribution is -2.22. The van der Waals surface area contributed by atoms with Crippen LogP contribution in [0, 0.1) is 6.92 Å². The van der Waals surface area contributed by atoms with E-state index in [1.807, 2.05) is 12.1 Å². The molecule has 0 saturated heterocycles. The summed E-state index contributed by atoms with van der Waals surface area (Å²) in [6.07, 6.45) is 6.11. The maximum Gasteiger partial charge on any atom is 0.123 e. The van der Waals surface area contributed by atoms with Crippen molar-refractivity contribution in [1.29, 1.82) is 0 Å². The summed E-state index contributed by atoms with van der Waals surface area (Å²) in [5, 5.41) is 3.43. The second-order valence-electron chi connectivity index (χ2n) is 3.91. The van der Waals surface area contributed by atoms with E-state index in [-0.39, 0.29) is 6.04 Å². The molecule has 0 amide bonds. The van der Waals surface area contributed by atoms with Gasteiger partial charge in [0, 0.05) is 0 Å². The van der Waals surface area contributed by atoms with Gasteiger partial charge < -0.3 is 14.2 Å². The van der Waals surface area contributed by atoms with Crippen molar-refractivity contribution in [1.82, 2.24) is 5.32 Å². The summed E-state index contributed by atoms with van der Waals surface area (Å²) in [6, 6.07) is 4.20. The topological polar surface area (TPSA) is 38.3 Å². The predicted octanol–water partition coefficient (Wildman–Crippen LogP) is 3.07. The molecule has 0 aromatic carbocycles. The normalized spacial score (nSPS) is 12.9. The highest BCUT2D eigenvalue weighted by molar-refractivity contribution is 5.21. The monoisotopic (exact) mass is 219 g/mol. The van der Waals surface area contributed by atoms with Crippen LogP contribution < -0.4 is 5.32 Å². The van der Waals surface area contributed by atoms with E-state index in [0.717, 1.165) is 18.7 Å². The average molecular weight is 219 g/mol. The number of nitrogens with one attached hydrogen (secondary N) is 1. The largest absolute Gasteiger partial charge is 0.472 e. The average Bonchev–Trinajstić information content (AvgIpc) is 2.88. The molecule has 2 rings (SSSR count). The molecule has 86 valence electrons. The molecule has 1 N–H and O–H groups in total. The first kappa shape index (κ1) is 11.0. The van der Waals surface area contributed by atoms with Gasteiger partial charge in [-0.05, 0) is 43.1 Å². The second-order valence-corrected chi connectivity index (χ2v) is 3.91. The summed E-state index contributed by atoms with van der Waals surface area (Å²) < 4.78 is 10.6. The molecule has 0 spiro atoms. The summed E-state index contributed by atoms with van der Waals surface area (Å²) in [7, 11) is 0. The Morgan fingerprint density at radius 2 is 2.19 bits per heavy atom. The fraction of sp³-hybridized carbons (Fsp3) is 0.385. The van der Waals surface area contributed by atoms with Gasteiger partial charge in [-0.2, -0.15) is 0 Å². The molecule has 2 aromatic rings. The van der Waals surface area contributed by atoms with Crippen LogP contribution in [0.15, 0.2) is 39.8 Å². The molecule has 3 nitrogen and oxygen atoms in total. The Labute approximate surface area is 95.5 Å². The number of aryl methyl sites for hydroxylation is 1. The number of likely N-dealkylation sites (N-methyl/N-ethyl adjacent to an activating group) is 1. The number of furan rings is 2. The molecule has 1 unspecified atom stereocenters. The third kappa shape index (κ3) is 2.36. The van der Waals surface area contributed by atoms with Crippen molar-refractivity contribution in [2.24, 2.45) is 0 Å². The zero-order valence-corrected chi connectivity index (χ0v) is 9.69. The van der Waals surface area contributed by atoms with Crippen molar-refractivity contribution in [3.63, 3.8) is 0 Å². The van der Waals surface area contributed by atoms with Gasteiger partial charge in [0.15, 0.2) is 0 Å².